The van der Waals surface area contributed by atoms with Crippen LogP contribution in [-0.2, 0) is 16.1 Å². The van der Waals surface area contributed by atoms with Crippen LogP contribution in [0.3, 0.4) is 0 Å². The number of rotatable bonds is 6. The van der Waals surface area contributed by atoms with E-state index in [0.717, 1.165) is 10.3 Å². The van der Waals surface area contributed by atoms with Crippen molar-refractivity contribution in [1.82, 2.24) is 10.0 Å². The maximum Gasteiger partial charge on any atom is 0.331 e. The molecule has 30 heavy (non-hydrogen) atoms. The Hall–Kier alpha value is -3.81. The first-order valence-corrected chi connectivity index (χ1v) is 9.42. The van der Waals surface area contributed by atoms with E-state index in [1.165, 1.54) is 7.11 Å². The van der Waals surface area contributed by atoms with Gasteiger partial charge in [-0.15, -0.1) is 4.73 Å². The third kappa shape index (κ3) is 3.36. The molecule has 1 aromatic heterocycles. The summed E-state index contributed by atoms with van der Waals surface area (Å²) in [6.45, 7) is 0.0860. The molecule has 0 unspecified atom stereocenters. The number of aromatic nitrogens is 1. The van der Waals surface area contributed by atoms with Crippen LogP contribution >= 0.6 is 0 Å². The maximum atomic E-state index is 13.1. The third-order valence-electron chi connectivity index (χ3n) is 5.12. The highest BCUT2D eigenvalue weighted by Crippen LogP contribution is 2.37. The van der Waals surface area contributed by atoms with Gasteiger partial charge in [0, 0.05) is 5.39 Å². The predicted molar refractivity (Wildman–Crippen MR) is 108 cm³/mol. The van der Waals surface area contributed by atoms with Crippen molar-refractivity contribution in [3.8, 4) is 5.75 Å². The first kappa shape index (κ1) is 19.5. The quantitative estimate of drug-likeness (QED) is 0.602. The van der Waals surface area contributed by atoms with Gasteiger partial charge in [0.15, 0.2) is 5.56 Å². The number of para-hydroxylation sites is 1. The van der Waals surface area contributed by atoms with Crippen LogP contribution in [-0.4, -0.2) is 34.4 Å². The lowest BCUT2D eigenvalue weighted by atomic mass is 10.1. The van der Waals surface area contributed by atoms with E-state index in [9.17, 15) is 19.5 Å². The van der Waals surface area contributed by atoms with E-state index in [4.69, 9.17) is 9.57 Å². The summed E-state index contributed by atoms with van der Waals surface area (Å²) in [4.78, 5) is 43.7. The summed E-state index contributed by atoms with van der Waals surface area (Å²) in [5.41, 5.74) is -1.32. The number of nitrogens with one attached hydrogen (secondary N) is 1. The average Bonchev–Trinajstić information content (AvgIpc) is 3.54. The second-order valence-corrected chi connectivity index (χ2v) is 7.13. The molecule has 0 atom stereocenters. The van der Waals surface area contributed by atoms with Crippen molar-refractivity contribution in [1.29, 1.82) is 0 Å². The van der Waals surface area contributed by atoms with Crippen molar-refractivity contribution in [3.05, 3.63) is 76.1 Å². The number of fused-ring (bicyclic) bond motifs is 1. The highest BCUT2D eigenvalue weighted by molar-refractivity contribution is 6.04. The number of esters is 1. The molecule has 1 fully saturated rings. The van der Waals surface area contributed by atoms with E-state index in [0.29, 0.717) is 18.4 Å². The number of hydrogen-bond donors (Lipinski definition) is 2. The van der Waals surface area contributed by atoms with Crippen molar-refractivity contribution in [2.45, 2.75) is 25.0 Å². The summed E-state index contributed by atoms with van der Waals surface area (Å²) in [7, 11) is 1.23. The van der Waals surface area contributed by atoms with Crippen molar-refractivity contribution >= 4 is 22.8 Å². The Morgan fingerprint density at radius 1 is 1.10 bits per heavy atom. The van der Waals surface area contributed by atoms with E-state index in [2.05, 4.69) is 5.32 Å². The molecular weight excluding hydrogens is 388 g/mol. The summed E-state index contributed by atoms with van der Waals surface area (Å²) in [6, 6.07) is 15.8. The Kier molecular flexibility index (Phi) is 4.91. The van der Waals surface area contributed by atoms with E-state index in [1.54, 1.807) is 24.3 Å². The molecule has 0 spiro atoms. The molecule has 2 aromatic carbocycles. The largest absolute Gasteiger partial charge is 0.506 e. The number of pyridine rings is 1. The highest BCUT2D eigenvalue weighted by atomic mass is 16.7. The molecule has 1 aliphatic rings. The number of benzene rings is 2. The minimum absolute atomic E-state index is 0.0860. The van der Waals surface area contributed by atoms with Crippen LogP contribution in [0.2, 0.25) is 0 Å². The van der Waals surface area contributed by atoms with Crippen LogP contribution < -0.4 is 15.7 Å². The van der Waals surface area contributed by atoms with Gasteiger partial charge in [-0.1, -0.05) is 42.5 Å². The zero-order valence-corrected chi connectivity index (χ0v) is 16.3. The van der Waals surface area contributed by atoms with Gasteiger partial charge >= 0.3 is 5.97 Å². The molecule has 154 valence electrons. The third-order valence-corrected chi connectivity index (χ3v) is 5.12. The minimum atomic E-state index is -1.16. The Labute approximate surface area is 171 Å². The standard InChI is InChI=1S/C22H20N2O6/c1-29-21(28)22(11-12-22)23-19(26)17-18(25)15-9-5-6-10-16(15)24(20(17)27)30-13-14-7-3-2-4-8-14/h2-10,25H,11-13H2,1H3,(H,23,26). The number of nitrogens with zero attached hydrogens (tertiary/aromatic N) is 1. The molecule has 2 N–H and O–H groups in total. The van der Waals surface area contributed by atoms with Crippen LogP contribution in [0.15, 0.2) is 59.4 Å². The number of carbonyl (C=O) groups excluding carboxylic acids is 2. The molecule has 8 heteroatoms. The fraction of sp³-hybridized carbons (Fsp3) is 0.227. The number of ether oxygens (including phenoxy) is 1. The lowest BCUT2D eigenvalue weighted by Gasteiger charge is -2.18. The highest BCUT2D eigenvalue weighted by Gasteiger charge is 2.53. The smallest absolute Gasteiger partial charge is 0.331 e. The van der Waals surface area contributed by atoms with Crippen molar-refractivity contribution in [2.75, 3.05) is 7.11 Å². The monoisotopic (exact) mass is 408 g/mol. The van der Waals surface area contributed by atoms with E-state index < -0.39 is 34.3 Å². The van der Waals surface area contributed by atoms with Crippen molar-refractivity contribution in [3.63, 3.8) is 0 Å². The van der Waals surface area contributed by atoms with Gasteiger partial charge in [0.25, 0.3) is 11.5 Å². The normalized spacial score (nSPS) is 14.2. The van der Waals surface area contributed by atoms with E-state index >= 15 is 0 Å². The van der Waals surface area contributed by atoms with Gasteiger partial charge in [0.1, 0.15) is 17.9 Å². The molecule has 0 radical (unpaired) electrons. The van der Waals surface area contributed by atoms with Crippen molar-refractivity contribution < 1.29 is 24.3 Å². The lowest BCUT2D eigenvalue weighted by molar-refractivity contribution is -0.144. The molecule has 0 bridgehead atoms. The summed E-state index contributed by atoms with van der Waals surface area (Å²) >= 11 is 0. The van der Waals surface area contributed by atoms with Gasteiger partial charge in [-0.25, -0.2) is 4.79 Å². The summed E-state index contributed by atoms with van der Waals surface area (Å²) < 4.78 is 5.73. The average molecular weight is 408 g/mol. The summed E-state index contributed by atoms with van der Waals surface area (Å²) in [5.74, 6) is -1.91. The minimum Gasteiger partial charge on any atom is -0.506 e. The molecule has 1 aliphatic carbocycles. The van der Waals surface area contributed by atoms with Gasteiger partial charge in [0.05, 0.1) is 12.6 Å². The predicted octanol–water partition coefficient (Wildman–Crippen LogP) is 1.77. The molecule has 1 saturated carbocycles. The summed E-state index contributed by atoms with van der Waals surface area (Å²) in [5, 5.41) is 13.5. The molecule has 0 aliphatic heterocycles. The first-order chi connectivity index (χ1) is 14.5. The van der Waals surface area contributed by atoms with Crippen LogP contribution in [0.1, 0.15) is 28.8 Å². The number of aromatic hydroxyl groups is 1. The molecular formula is C22H20N2O6. The molecule has 0 saturated heterocycles. The second-order valence-electron chi connectivity index (χ2n) is 7.13. The van der Waals surface area contributed by atoms with Gasteiger partial charge in [-0.05, 0) is 30.5 Å². The number of hydrogen-bond acceptors (Lipinski definition) is 6. The molecule has 3 aromatic rings. The van der Waals surface area contributed by atoms with Crippen LogP contribution in [0.5, 0.6) is 5.75 Å². The summed E-state index contributed by atoms with van der Waals surface area (Å²) in [6.07, 6.45) is 0.802. The fourth-order valence-corrected chi connectivity index (χ4v) is 3.32. The molecule has 4 rings (SSSR count). The van der Waals surface area contributed by atoms with Gasteiger partial charge in [-0.2, -0.15) is 0 Å². The van der Waals surface area contributed by atoms with E-state index in [-0.39, 0.29) is 12.0 Å². The number of carbonyl (C=O) groups is 2. The number of methoxy groups -OCH3 is 1. The van der Waals surface area contributed by atoms with Crippen LogP contribution in [0.4, 0.5) is 0 Å². The van der Waals surface area contributed by atoms with Crippen molar-refractivity contribution in [2.24, 2.45) is 0 Å². The maximum absolute atomic E-state index is 13.1. The van der Waals surface area contributed by atoms with E-state index in [1.807, 2.05) is 30.3 Å². The Balaban J connectivity index is 1.75. The van der Waals surface area contributed by atoms with Crippen LogP contribution in [0.25, 0.3) is 10.9 Å². The fourth-order valence-electron chi connectivity index (χ4n) is 3.32. The lowest BCUT2D eigenvalue weighted by Crippen LogP contribution is -2.46. The molecule has 8 nitrogen and oxygen atoms in total. The van der Waals surface area contributed by atoms with Gasteiger partial charge in [-0.3, -0.25) is 9.59 Å². The van der Waals surface area contributed by atoms with Crippen LogP contribution in [0, 0.1) is 0 Å². The zero-order chi connectivity index (χ0) is 21.3. The second kappa shape index (κ2) is 7.55. The Morgan fingerprint density at radius 3 is 2.43 bits per heavy atom. The SMILES string of the molecule is COC(=O)C1(NC(=O)c2c(O)c3ccccc3n(OCc3ccccc3)c2=O)CC1. The topological polar surface area (TPSA) is 107 Å². The first-order valence-electron chi connectivity index (χ1n) is 9.42. The Morgan fingerprint density at radius 2 is 1.77 bits per heavy atom. The zero-order valence-electron chi connectivity index (χ0n) is 16.3. The van der Waals surface area contributed by atoms with Gasteiger partial charge < -0.3 is 20.0 Å². The molecule has 1 heterocycles. The Bertz CT molecular complexity index is 1180. The molecule has 1 amide bonds. The van der Waals surface area contributed by atoms with Gasteiger partial charge in [0.2, 0.25) is 0 Å². The number of amides is 1.